The van der Waals surface area contributed by atoms with Gasteiger partial charge in [0.2, 0.25) is 0 Å². The van der Waals surface area contributed by atoms with Crippen molar-refractivity contribution in [1.29, 1.82) is 0 Å². The van der Waals surface area contributed by atoms with E-state index in [9.17, 15) is 9.90 Å². The van der Waals surface area contributed by atoms with Gasteiger partial charge in [-0.3, -0.25) is 4.79 Å². The lowest BCUT2D eigenvalue weighted by Crippen LogP contribution is -2.60. The van der Waals surface area contributed by atoms with Crippen LogP contribution in [-0.4, -0.2) is 59.2 Å². The SMILES string of the molecule is C[C@H](CC(C)(C)O)OC(=O)C(C)(C)[C@H]1CN(C2=Nc3cc(Cl)ccc3Oc3ccccc32)CCN1. The van der Waals surface area contributed by atoms with E-state index in [4.69, 9.17) is 26.1 Å². The molecular weight excluding hydrogens is 466 g/mol. The van der Waals surface area contributed by atoms with Gasteiger partial charge < -0.3 is 24.8 Å². The van der Waals surface area contributed by atoms with Gasteiger partial charge in [0.1, 0.15) is 23.4 Å². The number of esters is 1. The average molecular weight is 500 g/mol. The first kappa shape index (κ1) is 25.5. The van der Waals surface area contributed by atoms with Crippen molar-refractivity contribution in [3.63, 3.8) is 0 Å². The van der Waals surface area contributed by atoms with Crippen molar-refractivity contribution in [1.82, 2.24) is 10.2 Å². The monoisotopic (exact) mass is 499 g/mol. The highest BCUT2D eigenvalue weighted by Gasteiger charge is 2.42. The van der Waals surface area contributed by atoms with E-state index >= 15 is 0 Å². The highest BCUT2D eigenvalue weighted by Crippen LogP contribution is 2.40. The zero-order valence-electron chi connectivity index (χ0n) is 21.0. The molecule has 2 heterocycles. The minimum absolute atomic E-state index is 0.170. The van der Waals surface area contributed by atoms with Crippen LogP contribution in [0, 0.1) is 5.41 Å². The molecule has 188 valence electrons. The standard InChI is InChI=1S/C27H34ClN3O4/c1-17(15-26(2,3)33)34-25(32)27(4,5)23-16-31(13-12-29-23)24-19-8-6-7-9-21(19)35-22-11-10-18(28)14-20(22)30-24/h6-11,14,17,23,29,33H,12-13,15-16H2,1-5H3/t17-,23-/m1/s1. The van der Waals surface area contributed by atoms with Crippen molar-refractivity contribution >= 4 is 29.1 Å². The van der Waals surface area contributed by atoms with Crippen LogP contribution in [0.3, 0.4) is 0 Å². The lowest BCUT2D eigenvalue weighted by atomic mass is 9.83. The summed E-state index contributed by atoms with van der Waals surface area (Å²) in [6.07, 6.45) is -0.0211. The first-order valence-electron chi connectivity index (χ1n) is 12.0. The van der Waals surface area contributed by atoms with Crippen LogP contribution in [-0.2, 0) is 9.53 Å². The second-order valence-electron chi connectivity index (χ2n) is 10.6. The number of amidine groups is 1. The molecule has 2 aromatic rings. The third kappa shape index (κ3) is 5.80. The molecule has 0 saturated carbocycles. The van der Waals surface area contributed by atoms with Gasteiger partial charge in [0.25, 0.3) is 0 Å². The molecule has 2 N–H and O–H groups in total. The summed E-state index contributed by atoms with van der Waals surface area (Å²) < 4.78 is 11.9. The number of hydrogen-bond acceptors (Lipinski definition) is 7. The molecule has 2 atom stereocenters. The Kier molecular flexibility index (Phi) is 7.13. The van der Waals surface area contributed by atoms with Crippen molar-refractivity contribution < 1.29 is 19.4 Å². The predicted octanol–water partition coefficient (Wildman–Crippen LogP) is 4.92. The number of hydrogen-bond donors (Lipinski definition) is 2. The summed E-state index contributed by atoms with van der Waals surface area (Å²) in [5, 5.41) is 14.2. The summed E-state index contributed by atoms with van der Waals surface area (Å²) in [6.45, 7) is 11.0. The number of piperazine rings is 1. The van der Waals surface area contributed by atoms with E-state index in [1.807, 2.05) is 51.1 Å². The minimum Gasteiger partial charge on any atom is -0.462 e. The van der Waals surface area contributed by atoms with Gasteiger partial charge in [0, 0.05) is 37.1 Å². The Bertz CT molecular complexity index is 1130. The van der Waals surface area contributed by atoms with Gasteiger partial charge in [-0.2, -0.15) is 0 Å². The Hall–Kier alpha value is -2.61. The van der Waals surface area contributed by atoms with Gasteiger partial charge in [-0.25, -0.2) is 4.99 Å². The van der Waals surface area contributed by atoms with E-state index in [1.54, 1.807) is 26.0 Å². The van der Waals surface area contributed by atoms with Crippen molar-refractivity contribution in [3.05, 3.63) is 53.1 Å². The van der Waals surface area contributed by atoms with Gasteiger partial charge in [0.05, 0.1) is 16.6 Å². The van der Waals surface area contributed by atoms with Gasteiger partial charge >= 0.3 is 5.97 Å². The highest BCUT2D eigenvalue weighted by molar-refractivity contribution is 6.31. The van der Waals surface area contributed by atoms with Gasteiger partial charge in [-0.05, 0) is 65.0 Å². The molecule has 0 spiro atoms. The van der Waals surface area contributed by atoms with Crippen LogP contribution < -0.4 is 10.1 Å². The number of fused-ring (bicyclic) bond motifs is 2. The third-order valence-electron chi connectivity index (χ3n) is 6.46. The first-order valence-corrected chi connectivity index (χ1v) is 12.4. The van der Waals surface area contributed by atoms with Crippen molar-refractivity contribution in [3.8, 4) is 11.5 Å². The van der Waals surface area contributed by atoms with Gasteiger partial charge in [0.15, 0.2) is 5.75 Å². The maximum atomic E-state index is 13.2. The van der Waals surface area contributed by atoms with Crippen molar-refractivity contribution in [2.45, 2.75) is 58.8 Å². The van der Waals surface area contributed by atoms with Gasteiger partial charge in [-0.15, -0.1) is 0 Å². The fourth-order valence-electron chi connectivity index (χ4n) is 4.59. The molecule has 2 aromatic carbocycles. The zero-order valence-corrected chi connectivity index (χ0v) is 21.7. The minimum atomic E-state index is -0.907. The largest absolute Gasteiger partial charge is 0.462 e. The number of benzene rings is 2. The number of rotatable bonds is 5. The fraction of sp³-hybridized carbons (Fsp3) is 0.481. The van der Waals surface area contributed by atoms with Crippen LogP contribution in [0.25, 0.3) is 0 Å². The Morgan fingerprint density at radius 3 is 2.74 bits per heavy atom. The lowest BCUT2D eigenvalue weighted by Gasteiger charge is -2.42. The molecule has 0 bridgehead atoms. The Morgan fingerprint density at radius 2 is 2.00 bits per heavy atom. The van der Waals surface area contributed by atoms with Gasteiger partial charge in [-0.1, -0.05) is 23.7 Å². The number of nitrogens with zero attached hydrogens (tertiary/aromatic N) is 2. The lowest BCUT2D eigenvalue weighted by molar-refractivity contribution is -0.163. The van der Waals surface area contributed by atoms with E-state index < -0.39 is 17.1 Å². The Balaban J connectivity index is 1.60. The van der Waals surface area contributed by atoms with E-state index in [1.165, 1.54) is 0 Å². The fourth-order valence-corrected chi connectivity index (χ4v) is 4.75. The molecule has 0 aliphatic carbocycles. The molecular formula is C27H34ClN3O4. The summed E-state index contributed by atoms with van der Waals surface area (Å²) in [7, 11) is 0. The number of aliphatic imine (C=N–C) groups is 1. The normalized spacial score (nSPS) is 19.0. The highest BCUT2D eigenvalue weighted by atomic mass is 35.5. The molecule has 0 radical (unpaired) electrons. The summed E-state index contributed by atoms with van der Waals surface area (Å²) >= 11 is 6.26. The maximum absolute atomic E-state index is 13.2. The molecule has 2 aliphatic rings. The number of aliphatic hydroxyl groups is 1. The van der Waals surface area contributed by atoms with Crippen molar-refractivity contribution in [2.75, 3.05) is 19.6 Å². The van der Waals surface area contributed by atoms with Crippen LogP contribution in [0.15, 0.2) is 47.5 Å². The molecule has 0 aromatic heterocycles. The smallest absolute Gasteiger partial charge is 0.313 e. The van der Waals surface area contributed by atoms with E-state index in [0.29, 0.717) is 36.0 Å². The van der Waals surface area contributed by atoms with Crippen LogP contribution in [0.2, 0.25) is 5.02 Å². The van der Waals surface area contributed by atoms with Crippen LogP contribution in [0.4, 0.5) is 5.69 Å². The molecule has 2 aliphatic heterocycles. The second-order valence-corrected chi connectivity index (χ2v) is 11.0. The van der Waals surface area contributed by atoms with Crippen molar-refractivity contribution in [2.24, 2.45) is 10.4 Å². The van der Waals surface area contributed by atoms with Crippen LogP contribution >= 0.6 is 11.6 Å². The van der Waals surface area contributed by atoms with E-state index in [2.05, 4.69) is 10.2 Å². The van der Waals surface area contributed by atoms with E-state index in [0.717, 1.165) is 23.7 Å². The third-order valence-corrected chi connectivity index (χ3v) is 6.70. The quantitative estimate of drug-likeness (QED) is 0.568. The number of ether oxygens (including phenoxy) is 2. The number of carbonyl (C=O) groups excluding carboxylic acids is 1. The zero-order chi connectivity index (χ0) is 25.4. The van der Waals surface area contributed by atoms with Crippen LogP contribution in [0.1, 0.15) is 46.6 Å². The topological polar surface area (TPSA) is 83.4 Å². The Morgan fingerprint density at radius 1 is 1.26 bits per heavy atom. The Labute approximate surface area is 212 Å². The predicted molar refractivity (Wildman–Crippen MR) is 138 cm³/mol. The molecule has 4 rings (SSSR count). The number of carbonyl (C=O) groups is 1. The number of nitrogens with one attached hydrogen (secondary N) is 1. The molecule has 0 unspecified atom stereocenters. The average Bonchev–Trinajstić information content (AvgIpc) is 2.94. The van der Waals surface area contributed by atoms with E-state index in [-0.39, 0.29) is 12.0 Å². The number of halogens is 1. The molecule has 7 nitrogen and oxygen atoms in total. The summed E-state index contributed by atoms with van der Waals surface area (Å²) in [5.41, 5.74) is -0.150. The molecule has 0 amide bonds. The summed E-state index contributed by atoms with van der Waals surface area (Å²) in [5.74, 6) is 1.86. The van der Waals surface area contributed by atoms with Crippen LogP contribution in [0.5, 0.6) is 11.5 Å². The molecule has 1 fully saturated rings. The maximum Gasteiger partial charge on any atom is 0.313 e. The molecule has 35 heavy (non-hydrogen) atoms. The summed E-state index contributed by atoms with van der Waals surface area (Å²) in [4.78, 5) is 20.3. The first-order chi connectivity index (χ1) is 16.4. The second kappa shape index (κ2) is 9.80. The molecule has 1 saturated heterocycles. The summed E-state index contributed by atoms with van der Waals surface area (Å²) in [6, 6.07) is 13.1. The molecule has 8 heteroatoms. The number of para-hydroxylation sites is 1.